The topological polar surface area (TPSA) is 49.8 Å². The van der Waals surface area contributed by atoms with Gasteiger partial charge in [0.15, 0.2) is 5.96 Å². The zero-order valence-corrected chi connectivity index (χ0v) is 17.5. The average molecular weight is 452 g/mol. The minimum Gasteiger partial charge on any atom is -0.381 e. The molecular weight excluding hydrogens is 423 g/mol. The van der Waals surface area contributed by atoms with Gasteiger partial charge in [-0.15, -0.1) is 35.3 Å². The highest BCUT2D eigenvalue weighted by Gasteiger charge is 2.18. The van der Waals surface area contributed by atoms with Gasteiger partial charge in [0.25, 0.3) is 0 Å². The molecule has 2 rings (SSSR count). The summed E-state index contributed by atoms with van der Waals surface area (Å²) in [6.07, 6.45) is 3.08. The molecule has 0 bridgehead atoms. The fraction of sp³-hybridized carbons (Fsp3) is 0.750. The van der Waals surface area contributed by atoms with Crippen LogP contribution in [0.4, 0.5) is 0 Å². The molecular formula is C16H29IN4OS. The second-order valence-electron chi connectivity index (χ2n) is 5.68. The Hall–Kier alpha value is -0.410. The largest absolute Gasteiger partial charge is 0.381 e. The molecule has 132 valence electrons. The number of nitrogens with one attached hydrogen (secondary N) is 1. The zero-order chi connectivity index (χ0) is 15.8. The quantitative estimate of drug-likeness (QED) is 0.393. The SMILES string of the molecule is CCNC(=NCCc1csc(CC)n1)N(C)CC1CCOC1.I. The van der Waals surface area contributed by atoms with Crippen molar-refractivity contribution in [3.63, 3.8) is 0 Å². The average Bonchev–Trinajstić information content (AvgIpc) is 3.17. The minimum atomic E-state index is 0. The van der Waals surface area contributed by atoms with Gasteiger partial charge in [0.2, 0.25) is 0 Å². The first-order valence-corrected chi connectivity index (χ1v) is 9.11. The molecule has 0 aliphatic carbocycles. The molecule has 1 saturated heterocycles. The third-order valence-corrected chi connectivity index (χ3v) is 4.83. The summed E-state index contributed by atoms with van der Waals surface area (Å²) in [4.78, 5) is 11.6. The molecule has 1 aliphatic heterocycles. The van der Waals surface area contributed by atoms with Crippen molar-refractivity contribution in [2.45, 2.75) is 33.1 Å². The summed E-state index contributed by atoms with van der Waals surface area (Å²) >= 11 is 1.75. The second-order valence-corrected chi connectivity index (χ2v) is 6.62. The molecule has 1 fully saturated rings. The summed E-state index contributed by atoms with van der Waals surface area (Å²) in [5, 5.41) is 6.74. The number of thiazole rings is 1. The number of rotatable bonds is 7. The fourth-order valence-electron chi connectivity index (χ4n) is 2.57. The Balaban J connectivity index is 0.00000264. The van der Waals surface area contributed by atoms with Crippen molar-refractivity contribution in [2.24, 2.45) is 10.9 Å². The van der Waals surface area contributed by atoms with E-state index in [4.69, 9.17) is 9.73 Å². The van der Waals surface area contributed by atoms with Crippen LogP contribution in [0.25, 0.3) is 0 Å². The van der Waals surface area contributed by atoms with E-state index < -0.39 is 0 Å². The third kappa shape index (κ3) is 6.93. The maximum absolute atomic E-state index is 5.46. The number of halogens is 1. The summed E-state index contributed by atoms with van der Waals surface area (Å²) in [7, 11) is 2.11. The molecule has 7 heteroatoms. The third-order valence-electron chi connectivity index (χ3n) is 3.78. The Morgan fingerprint density at radius 1 is 1.52 bits per heavy atom. The van der Waals surface area contributed by atoms with Crippen LogP contribution in [0.3, 0.4) is 0 Å². The molecule has 1 aromatic heterocycles. The lowest BCUT2D eigenvalue weighted by molar-refractivity contribution is 0.181. The van der Waals surface area contributed by atoms with Gasteiger partial charge in [-0.1, -0.05) is 6.92 Å². The van der Waals surface area contributed by atoms with E-state index in [2.05, 4.69) is 41.5 Å². The highest BCUT2D eigenvalue weighted by atomic mass is 127. The number of aromatic nitrogens is 1. The number of guanidine groups is 1. The van der Waals surface area contributed by atoms with Crippen molar-refractivity contribution in [3.05, 3.63) is 16.1 Å². The number of nitrogens with zero attached hydrogens (tertiary/aromatic N) is 3. The van der Waals surface area contributed by atoms with Gasteiger partial charge in [0, 0.05) is 51.0 Å². The van der Waals surface area contributed by atoms with Crippen molar-refractivity contribution in [2.75, 3.05) is 39.9 Å². The maximum Gasteiger partial charge on any atom is 0.193 e. The standard InChI is InChI=1S/C16H28N4OS.HI/c1-4-15-19-14(12-22-15)6-8-18-16(17-5-2)20(3)10-13-7-9-21-11-13;/h12-13H,4-11H2,1-3H3,(H,17,18);1H. The lowest BCUT2D eigenvalue weighted by Gasteiger charge is -2.24. The Morgan fingerprint density at radius 2 is 2.35 bits per heavy atom. The molecule has 0 aromatic carbocycles. The van der Waals surface area contributed by atoms with E-state index in [-0.39, 0.29) is 24.0 Å². The molecule has 0 radical (unpaired) electrons. The summed E-state index contributed by atoms with van der Waals surface area (Å²) in [5.74, 6) is 1.61. The first kappa shape index (κ1) is 20.6. The van der Waals surface area contributed by atoms with Crippen LogP contribution in [-0.4, -0.2) is 55.7 Å². The predicted molar refractivity (Wildman–Crippen MR) is 108 cm³/mol. The van der Waals surface area contributed by atoms with E-state index in [0.717, 1.165) is 63.8 Å². The van der Waals surface area contributed by atoms with Crippen LogP contribution in [0.5, 0.6) is 0 Å². The van der Waals surface area contributed by atoms with Crippen LogP contribution in [0, 0.1) is 5.92 Å². The maximum atomic E-state index is 5.46. The predicted octanol–water partition coefficient (Wildman–Crippen LogP) is 2.80. The smallest absolute Gasteiger partial charge is 0.193 e. The molecule has 2 heterocycles. The Kier molecular flexibility index (Phi) is 10.0. The van der Waals surface area contributed by atoms with Gasteiger partial charge in [0.05, 0.1) is 17.3 Å². The molecule has 1 unspecified atom stereocenters. The first-order valence-electron chi connectivity index (χ1n) is 8.23. The van der Waals surface area contributed by atoms with Crippen molar-refractivity contribution >= 4 is 41.3 Å². The minimum absolute atomic E-state index is 0. The van der Waals surface area contributed by atoms with Gasteiger partial charge in [-0.2, -0.15) is 0 Å². The number of ether oxygens (including phenoxy) is 1. The highest BCUT2D eigenvalue weighted by Crippen LogP contribution is 2.13. The van der Waals surface area contributed by atoms with Gasteiger partial charge in [-0.3, -0.25) is 4.99 Å². The van der Waals surface area contributed by atoms with Crippen molar-refractivity contribution < 1.29 is 4.74 Å². The molecule has 0 amide bonds. The molecule has 1 aliphatic rings. The monoisotopic (exact) mass is 452 g/mol. The van der Waals surface area contributed by atoms with Gasteiger partial charge in [-0.25, -0.2) is 4.98 Å². The molecule has 0 saturated carbocycles. The summed E-state index contributed by atoms with van der Waals surface area (Å²) in [6, 6.07) is 0. The van der Waals surface area contributed by atoms with Crippen LogP contribution in [-0.2, 0) is 17.6 Å². The van der Waals surface area contributed by atoms with Crippen LogP contribution >= 0.6 is 35.3 Å². The number of aliphatic imine (C=N–C) groups is 1. The summed E-state index contributed by atoms with van der Waals surface area (Å²) < 4.78 is 5.46. The van der Waals surface area contributed by atoms with E-state index in [1.165, 1.54) is 5.01 Å². The van der Waals surface area contributed by atoms with Gasteiger partial charge < -0.3 is 15.0 Å². The van der Waals surface area contributed by atoms with E-state index in [1.54, 1.807) is 11.3 Å². The number of aryl methyl sites for hydroxylation is 1. The van der Waals surface area contributed by atoms with Crippen LogP contribution in [0.2, 0.25) is 0 Å². The van der Waals surface area contributed by atoms with E-state index >= 15 is 0 Å². The summed E-state index contributed by atoms with van der Waals surface area (Å²) in [6.45, 7) is 8.70. The van der Waals surface area contributed by atoms with E-state index in [1.807, 2.05) is 0 Å². The number of hydrogen-bond donors (Lipinski definition) is 1. The van der Waals surface area contributed by atoms with Crippen LogP contribution in [0.1, 0.15) is 31.0 Å². The van der Waals surface area contributed by atoms with E-state index in [0.29, 0.717) is 5.92 Å². The van der Waals surface area contributed by atoms with Crippen molar-refractivity contribution in [1.82, 2.24) is 15.2 Å². The van der Waals surface area contributed by atoms with Gasteiger partial charge >= 0.3 is 0 Å². The fourth-order valence-corrected chi connectivity index (χ4v) is 3.35. The molecule has 1 N–H and O–H groups in total. The molecule has 1 atom stereocenters. The zero-order valence-electron chi connectivity index (χ0n) is 14.4. The lowest BCUT2D eigenvalue weighted by Crippen LogP contribution is -2.41. The summed E-state index contributed by atoms with van der Waals surface area (Å²) in [5.41, 5.74) is 1.16. The Bertz CT molecular complexity index is 474. The van der Waals surface area contributed by atoms with Crippen LogP contribution < -0.4 is 5.32 Å². The molecule has 23 heavy (non-hydrogen) atoms. The second kappa shape index (κ2) is 11.2. The molecule has 0 spiro atoms. The Labute approximate surface area is 160 Å². The van der Waals surface area contributed by atoms with Gasteiger partial charge in [0.1, 0.15) is 0 Å². The Morgan fingerprint density at radius 3 is 2.96 bits per heavy atom. The first-order chi connectivity index (χ1) is 10.7. The highest BCUT2D eigenvalue weighted by molar-refractivity contribution is 14.0. The van der Waals surface area contributed by atoms with Crippen LogP contribution in [0.15, 0.2) is 10.4 Å². The van der Waals surface area contributed by atoms with Crippen molar-refractivity contribution in [1.29, 1.82) is 0 Å². The lowest BCUT2D eigenvalue weighted by atomic mass is 10.1. The normalized spacial score (nSPS) is 17.9. The molecule has 1 aromatic rings. The number of hydrogen-bond acceptors (Lipinski definition) is 4. The molecule has 5 nitrogen and oxygen atoms in total. The van der Waals surface area contributed by atoms with Gasteiger partial charge in [-0.05, 0) is 19.8 Å². The van der Waals surface area contributed by atoms with E-state index in [9.17, 15) is 0 Å². The van der Waals surface area contributed by atoms with Crippen molar-refractivity contribution in [3.8, 4) is 0 Å².